The fourth-order valence-corrected chi connectivity index (χ4v) is 2.59. The van der Waals surface area contributed by atoms with E-state index in [-0.39, 0.29) is 0 Å². The van der Waals surface area contributed by atoms with Crippen molar-refractivity contribution in [2.45, 2.75) is 39.5 Å². The van der Waals surface area contributed by atoms with E-state index >= 15 is 0 Å². The van der Waals surface area contributed by atoms with Gasteiger partial charge in [0.2, 0.25) is 0 Å². The van der Waals surface area contributed by atoms with Gasteiger partial charge in [0.25, 0.3) is 0 Å². The summed E-state index contributed by atoms with van der Waals surface area (Å²) < 4.78 is 0. The van der Waals surface area contributed by atoms with Crippen LogP contribution in [0, 0.1) is 5.92 Å². The number of aliphatic imine (C=N–C) groups is 1. The van der Waals surface area contributed by atoms with Crippen LogP contribution in [0.1, 0.15) is 45.1 Å². The molecule has 2 rings (SSSR count). The van der Waals surface area contributed by atoms with Gasteiger partial charge in [0.15, 0.2) is 0 Å². The zero-order valence-corrected chi connectivity index (χ0v) is 11.9. The summed E-state index contributed by atoms with van der Waals surface area (Å²) in [5.41, 5.74) is 5.01. The predicted octanol–water partition coefficient (Wildman–Crippen LogP) is 4.65. The largest absolute Gasteiger partial charge is 0.268 e. The highest BCUT2D eigenvalue weighted by Gasteiger charge is 2.13. The molecule has 0 unspecified atom stereocenters. The quantitative estimate of drug-likeness (QED) is 0.718. The standard InChI is InChI=1S/C17H22N2/c1-13(2)17(18-3)16(12-14-6-4-5-7-14)15-8-10-19-11-9-15/h8-13H,3-7H2,1-2H3/b17-16+. The molecule has 2 heteroatoms. The summed E-state index contributed by atoms with van der Waals surface area (Å²) in [5, 5.41) is 0. The molecule has 0 radical (unpaired) electrons. The summed E-state index contributed by atoms with van der Waals surface area (Å²) in [6, 6.07) is 4.10. The summed E-state index contributed by atoms with van der Waals surface area (Å²) in [6.45, 7) is 8.08. The Hall–Kier alpha value is -1.70. The average Bonchev–Trinajstić information content (AvgIpc) is 2.92. The summed E-state index contributed by atoms with van der Waals surface area (Å²) in [6.07, 6.45) is 11.1. The molecule has 1 saturated carbocycles. The van der Waals surface area contributed by atoms with Gasteiger partial charge in [0, 0.05) is 23.7 Å². The predicted molar refractivity (Wildman–Crippen MR) is 82.1 cm³/mol. The summed E-state index contributed by atoms with van der Waals surface area (Å²) >= 11 is 0. The minimum atomic E-state index is 0.374. The Morgan fingerprint density at radius 1 is 1.26 bits per heavy atom. The van der Waals surface area contributed by atoms with E-state index < -0.39 is 0 Å². The zero-order chi connectivity index (χ0) is 13.7. The van der Waals surface area contributed by atoms with Crippen molar-refractivity contribution in [3.63, 3.8) is 0 Å². The van der Waals surface area contributed by atoms with Gasteiger partial charge in [-0.3, -0.25) is 9.98 Å². The SMILES string of the molecule is C=N/C(=C(\C=C1CCCC1)c1ccncc1)C(C)C. The Balaban J connectivity index is 2.50. The lowest BCUT2D eigenvalue weighted by molar-refractivity contribution is 0.763. The molecule has 1 heterocycles. The van der Waals surface area contributed by atoms with E-state index in [9.17, 15) is 0 Å². The highest BCUT2D eigenvalue weighted by Crippen LogP contribution is 2.31. The first kappa shape index (κ1) is 13.7. The van der Waals surface area contributed by atoms with Crippen LogP contribution < -0.4 is 0 Å². The van der Waals surface area contributed by atoms with Gasteiger partial charge in [-0.1, -0.05) is 25.5 Å². The van der Waals surface area contributed by atoms with Gasteiger partial charge in [-0.15, -0.1) is 0 Å². The molecule has 0 atom stereocenters. The second-order valence-electron chi connectivity index (χ2n) is 5.36. The van der Waals surface area contributed by atoms with E-state index in [0.717, 1.165) is 5.70 Å². The lowest BCUT2D eigenvalue weighted by atomic mass is 9.96. The van der Waals surface area contributed by atoms with Crippen molar-refractivity contribution in [2.75, 3.05) is 0 Å². The molecule has 1 aliphatic rings. The van der Waals surface area contributed by atoms with Gasteiger partial charge < -0.3 is 0 Å². The van der Waals surface area contributed by atoms with Crippen molar-refractivity contribution in [1.82, 2.24) is 4.98 Å². The van der Waals surface area contributed by atoms with Crippen LogP contribution >= 0.6 is 0 Å². The molecule has 0 spiro atoms. The minimum Gasteiger partial charge on any atom is -0.268 e. The summed E-state index contributed by atoms with van der Waals surface area (Å²) in [7, 11) is 0. The number of nitrogens with zero attached hydrogens (tertiary/aromatic N) is 2. The molecule has 0 amide bonds. The van der Waals surface area contributed by atoms with E-state index in [4.69, 9.17) is 0 Å². The third-order valence-corrected chi connectivity index (χ3v) is 3.58. The number of pyridine rings is 1. The Morgan fingerprint density at radius 3 is 2.42 bits per heavy atom. The molecule has 1 aromatic heterocycles. The third-order valence-electron chi connectivity index (χ3n) is 3.58. The topological polar surface area (TPSA) is 25.2 Å². The van der Waals surface area contributed by atoms with Crippen LogP contribution in [-0.2, 0) is 0 Å². The molecule has 0 N–H and O–H groups in total. The van der Waals surface area contributed by atoms with Crippen LogP contribution in [0.3, 0.4) is 0 Å². The normalized spacial score (nSPS) is 16.5. The lowest BCUT2D eigenvalue weighted by Gasteiger charge is -2.13. The summed E-state index contributed by atoms with van der Waals surface area (Å²) in [4.78, 5) is 8.37. The fourth-order valence-electron chi connectivity index (χ4n) is 2.59. The van der Waals surface area contributed by atoms with Crippen LogP contribution in [0.15, 0.2) is 46.9 Å². The Morgan fingerprint density at radius 2 is 1.89 bits per heavy atom. The fraction of sp³-hybridized carbons (Fsp3) is 0.412. The van der Waals surface area contributed by atoms with Gasteiger partial charge in [0.1, 0.15) is 0 Å². The minimum absolute atomic E-state index is 0.374. The molecule has 19 heavy (non-hydrogen) atoms. The van der Waals surface area contributed by atoms with Crippen LogP contribution in [-0.4, -0.2) is 11.7 Å². The molecule has 0 aliphatic heterocycles. The molecule has 0 bridgehead atoms. The molecule has 1 aliphatic carbocycles. The number of hydrogen-bond acceptors (Lipinski definition) is 2. The van der Waals surface area contributed by atoms with Crippen molar-refractivity contribution in [3.05, 3.63) is 47.4 Å². The molecule has 1 aromatic rings. The lowest BCUT2D eigenvalue weighted by Crippen LogP contribution is -1.97. The molecule has 2 nitrogen and oxygen atoms in total. The van der Waals surface area contributed by atoms with Crippen LogP contribution in [0.5, 0.6) is 0 Å². The molecule has 100 valence electrons. The number of allylic oxidation sites excluding steroid dienone is 4. The zero-order valence-electron chi connectivity index (χ0n) is 11.9. The molecule has 1 fully saturated rings. The van der Waals surface area contributed by atoms with E-state index in [2.05, 4.69) is 48.8 Å². The van der Waals surface area contributed by atoms with E-state index in [1.54, 1.807) is 0 Å². The second-order valence-corrected chi connectivity index (χ2v) is 5.36. The Kier molecular flexibility index (Phi) is 4.67. The van der Waals surface area contributed by atoms with Gasteiger partial charge in [-0.25, -0.2) is 0 Å². The highest BCUT2D eigenvalue weighted by atomic mass is 14.7. The highest BCUT2D eigenvalue weighted by molar-refractivity contribution is 5.77. The van der Waals surface area contributed by atoms with Gasteiger partial charge >= 0.3 is 0 Å². The number of hydrogen-bond donors (Lipinski definition) is 0. The first-order chi connectivity index (χ1) is 9.22. The van der Waals surface area contributed by atoms with Crippen LogP contribution in [0.4, 0.5) is 0 Å². The first-order valence-corrected chi connectivity index (χ1v) is 7.03. The smallest absolute Gasteiger partial charge is 0.0500 e. The Labute approximate surface area is 116 Å². The van der Waals surface area contributed by atoms with Gasteiger partial charge in [0.05, 0.1) is 0 Å². The third kappa shape index (κ3) is 3.40. The molecular formula is C17H22N2. The van der Waals surface area contributed by atoms with Crippen molar-refractivity contribution in [2.24, 2.45) is 10.9 Å². The van der Waals surface area contributed by atoms with Crippen molar-refractivity contribution < 1.29 is 0 Å². The van der Waals surface area contributed by atoms with Crippen molar-refractivity contribution in [3.8, 4) is 0 Å². The van der Waals surface area contributed by atoms with Crippen LogP contribution in [0.25, 0.3) is 5.57 Å². The van der Waals surface area contributed by atoms with E-state index in [0.29, 0.717) is 5.92 Å². The Bertz CT molecular complexity index is 487. The van der Waals surface area contributed by atoms with Crippen molar-refractivity contribution in [1.29, 1.82) is 0 Å². The first-order valence-electron chi connectivity index (χ1n) is 7.03. The summed E-state index contributed by atoms with van der Waals surface area (Å²) in [5.74, 6) is 0.374. The molecule has 0 saturated heterocycles. The van der Waals surface area contributed by atoms with Gasteiger partial charge in [-0.05, 0) is 56.0 Å². The van der Waals surface area contributed by atoms with Gasteiger partial charge in [-0.2, -0.15) is 0 Å². The maximum atomic E-state index is 4.27. The maximum Gasteiger partial charge on any atom is 0.0500 e. The number of rotatable bonds is 4. The van der Waals surface area contributed by atoms with E-state index in [1.165, 1.54) is 42.4 Å². The maximum absolute atomic E-state index is 4.27. The monoisotopic (exact) mass is 254 g/mol. The molecular weight excluding hydrogens is 232 g/mol. The van der Waals surface area contributed by atoms with Crippen LogP contribution in [0.2, 0.25) is 0 Å². The number of aromatic nitrogens is 1. The van der Waals surface area contributed by atoms with E-state index in [1.807, 2.05) is 12.4 Å². The second kappa shape index (κ2) is 6.46. The van der Waals surface area contributed by atoms with Crippen molar-refractivity contribution >= 4 is 12.3 Å². The molecule has 0 aromatic carbocycles. The average molecular weight is 254 g/mol.